The minimum absolute atomic E-state index is 0.301. The molecule has 0 saturated heterocycles. The molecule has 7 nitrogen and oxygen atoms in total. The number of aliphatic carboxylic acids is 1. The van der Waals surface area contributed by atoms with Crippen molar-refractivity contribution in [2.24, 2.45) is 5.41 Å². The number of hydrogen-bond acceptors (Lipinski definition) is 5. The average Bonchev–Trinajstić information content (AvgIpc) is 3.09. The Bertz CT molecular complexity index is 570. The minimum Gasteiger partial charge on any atom is -0.481 e. The van der Waals surface area contributed by atoms with E-state index in [-0.39, 0.29) is 0 Å². The molecule has 0 aromatic carbocycles. The van der Waals surface area contributed by atoms with Crippen molar-refractivity contribution >= 4 is 5.97 Å². The minimum atomic E-state index is -0.765. The summed E-state index contributed by atoms with van der Waals surface area (Å²) in [5, 5.41) is 21.0. The monoisotopic (exact) mass is 262 g/mol. The summed E-state index contributed by atoms with van der Waals surface area (Å²) in [6.07, 6.45) is 6.31. The second-order valence-electron chi connectivity index (χ2n) is 4.96. The number of furan rings is 1. The fourth-order valence-electron chi connectivity index (χ4n) is 2.69. The van der Waals surface area contributed by atoms with Crippen LogP contribution in [-0.4, -0.2) is 31.3 Å². The van der Waals surface area contributed by atoms with Crippen molar-refractivity contribution in [3.63, 3.8) is 0 Å². The second kappa shape index (κ2) is 4.49. The summed E-state index contributed by atoms with van der Waals surface area (Å²) in [6.45, 7) is 0.301. The maximum absolute atomic E-state index is 11.5. The number of hydrogen-bond donors (Lipinski definition) is 1. The van der Waals surface area contributed by atoms with Crippen LogP contribution in [0.15, 0.2) is 23.0 Å². The van der Waals surface area contributed by atoms with Crippen LogP contribution in [0.25, 0.3) is 11.4 Å². The van der Waals surface area contributed by atoms with Crippen molar-refractivity contribution < 1.29 is 14.3 Å². The van der Waals surface area contributed by atoms with Crippen LogP contribution in [0, 0.1) is 5.41 Å². The average molecular weight is 262 g/mol. The Morgan fingerprint density at radius 2 is 2.26 bits per heavy atom. The van der Waals surface area contributed by atoms with Gasteiger partial charge in [-0.25, -0.2) is 4.68 Å². The third kappa shape index (κ3) is 2.00. The molecule has 1 saturated carbocycles. The van der Waals surface area contributed by atoms with Crippen molar-refractivity contribution in [1.82, 2.24) is 20.2 Å². The SMILES string of the molecule is O=C(O)C1(Cn2nnnc2-c2ccoc2)CCCC1. The number of rotatable bonds is 4. The van der Waals surface area contributed by atoms with Gasteiger partial charge in [-0.1, -0.05) is 12.8 Å². The van der Waals surface area contributed by atoms with Gasteiger partial charge in [-0.3, -0.25) is 4.79 Å². The summed E-state index contributed by atoms with van der Waals surface area (Å²) in [5.74, 6) is -0.222. The number of carboxylic acids is 1. The first-order valence-corrected chi connectivity index (χ1v) is 6.23. The smallest absolute Gasteiger partial charge is 0.311 e. The predicted molar refractivity (Wildman–Crippen MR) is 64.1 cm³/mol. The van der Waals surface area contributed by atoms with Crippen LogP contribution in [0.1, 0.15) is 25.7 Å². The van der Waals surface area contributed by atoms with E-state index in [9.17, 15) is 9.90 Å². The Morgan fingerprint density at radius 3 is 2.89 bits per heavy atom. The van der Waals surface area contributed by atoms with E-state index in [1.54, 1.807) is 17.0 Å². The Hall–Kier alpha value is -2.18. The van der Waals surface area contributed by atoms with E-state index >= 15 is 0 Å². The number of tetrazole rings is 1. The molecule has 19 heavy (non-hydrogen) atoms. The third-order valence-electron chi connectivity index (χ3n) is 3.78. The van der Waals surface area contributed by atoms with Gasteiger partial charge >= 0.3 is 5.97 Å². The van der Waals surface area contributed by atoms with E-state index in [1.165, 1.54) is 6.26 Å². The van der Waals surface area contributed by atoms with Gasteiger partial charge in [0.1, 0.15) is 6.26 Å². The lowest BCUT2D eigenvalue weighted by Crippen LogP contribution is -2.33. The van der Waals surface area contributed by atoms with Crippen LogP contribution >= 0.6 is 0 Å². The number of nitrogens with zero attached hydrogens (tertiary/aromatic N) is 4. The largest absolute Gasteiger partial charge is 0.481 e. The van der Waals surface area contributed by atoms with Crippen LogP contribution in [0.5, 0.6) is 0 Å². The highest BCUT2D eigenvalue weighted by molar-refractivity contribution is 5.75. The van der Waals surface area contributed by atoms with Gasteiger partial charge in [0, 0.05) is 0 Å². The molecule has 1 fully saturated rings. The van der Waals surface area contributed by atoms with Gasteiger partial charge in [0.25, 0.3) is 0 Å². The Kier molecular flexibility index (Phi) is 2.81. The van der Waals surface area contributed by atoms with Crippen LogP contribution in [-0.2, 0) is 11.3 Å². The molecule has 0 bridgehead atoms. The second-order valence-corrected chi connectivity index (χ2v) is 4.96. The molecule has 2 aromatic heterocycles. The molecule has 2 aromatic rings. The molecular weight excluding hydrogens is 248 g/mol. The third-order valence-corrected chi connectivity index (χ3v) is 3.78. The van der Waals surface area contributed by atoms with Gasteiger partial charge in [-0.2, -0.15) is 0 Å². The lowest BCUT2D eigenvalue weighted by molar-refractivity contribution is -0.149. The van der Waals surface area contributed by atoms with Crippen molar-refractivity contribution in [3.8, 4) is 11.4 Å². The van der Waals surface area contributed by atoms with E-state index in [1.807, 2.05) is 0 Å². The number of carbonyl (C=O) groups is 1. The van der Waals surface area contributed by atoms with Gasteiger partial charge < -0.3 is 9.52 Å². The maximum atomic E-state index is 11.5. The summed E-state index contributed by atoms with van der Waals surface area (Å²) in [7, 11) is 0. The van der Waals surface area contributed by atoms with Gasteiger partial charge in [0.15, 0.2) is 5.82 Å². The Morgan fingerprint density at radius 1 is 1.47 bits per heavy atom. The molecule has 0 spiro atoms. The topological polar surface area (TPSA) is 94.0 Å². The summed E-state index contributed by atoms with van der Waals surface area (Å²) >= 11 is 0. The molecule has 3 rings (SSSR count). The van der Waals surface area contributed by atoms with Crippen LogP contribution in [0.3, 0.4) is 0 Å². The lowest BCUT2D eigenvalue weighted by atomic mass is 9.86. The van der Waals surface area contributed by atoms with Crippen molar-refractivity contribution in [2.75, 3.05) is 0 Å². The zero-order chi connectivity index (χ0) is 13.3. The van der Waals surface area contributed by atoms with E-state index in [0.29, 0.717) is 25.2 Å². The quantitative estimate of drug-likeness (QED) is 0.898. The van der Waals surface area contributed by atoms with Gasteiger partial charge in [-0.05, 0) is 29.3 Å². The molecule has 0 atom stereocenters. The molecular formula is C12H14N4O3. The van der Waals surface area contributed by atoms with E-state index in [4.69, 9.17) is 4.42 Å². The summed E-state index contributed by atoms with van der Waals surface area (Å²) in [5.41, 5.74) is 0.0111. The molecule has 1 aliphatic rings. The van der Waals surface area contributed by atoms with E-state index in [0.717, 1.165) is 18.4 Å². The normalized spacial score (nSPS) is 17.7. The number of aromatic nitrogens is 4. The first-order valence-electron chi connectivity index (χ1n) is 6.23. The highest BCUT2D eigenvalue weighted by Gasteiger charge is 2.42. The van der Waals surface area contributed by atoms with Crippen molar-refractivity contribution in [2.45, 2.75) is 32.2 Å². The maximum Gasteiger partial charge on any atom is 0.311 e. The van der Waals surface area contributed by atoms with Crippen molar-refractivity contribution in [1.29, 1.82) is 0 Å². The molecule has 7 heteroatoms. The summed E-state index contributed by atoms with van der Waals surface area (Å²) < 4.78 is 6.57. The fraction of sp³-hybridized carbons (Fsp3) is 0.500. The summed E-state index contributed by atoms with van der Waals surface area (Å²) in [6, 6.07) is 1.75. The predicted octanol–water partition coefficient (Wildman–Crippen LogP) is 1.58. The molecule has 0 unspecified atom stereocenters. The zero-order valence-corrected chi connectivity index (χ0v) is 10.3. The summed E-state index contributed by atoms with van der Waals surface area (Å²) in [4.78, 5) is 11.5. The molecule has 100 valence electrons. The van der Waals surface area contributed by atoms with E-state index < -0.39 is 11.4 Å². The van der Waals surface area contributed by atoms with Gasteiger partial charge in [-0.15, -0.1) is 5.10 Å². The highest BCUT2D eigenvalue weighted by atomic mass is 16.4. The van der Waals surface area contributed by atoms with E-state index in [2.05, 4.69) is 15.5 Å². The first kappa shape index (κ1) is 11.9. The molecule has 0 aliphatic heterocycles. The standard InChI is InChI=1S/C12H14N4O3/c17-11(18)12(4-1-2-5-12)8-16-10(13-14-15-16)9-3-6-19-7-9/h3,6-7H,1-2,4-5,8H2,(H,17,18). The molecule has 1 N–H and O–H groups in total. The fourth-order valence-corrected chi connectivity index (χ4v) is 2.69. The molecule has 0 radical (unpaired) electrons. The number of carboxylic acid groups (broad SMARTS) is 1. The zero-order valence-electron chi connectivity index (χ0n) is 10.3. The van der Waals surface area contributed by atoms with Crippen LogP contribution in [0.2, 0.25) is 0 Å². The first-order chi connectivity index (χ1) is 9.21. The van der Waals surface area contributed by atoms with Gasteiger partial charge in [0.05, 0.1) is 23.8 Å². The molecule has 1 aliphatic carbocycles. The highest BCUT2D eigenvalue weighted by Crippen LogP contribution is 2.40. The van der Waals surface area contributed by atoms with Crippen molar-refractivity contribution in [3.05, 3.63) is 18.6 Å². The molecule has 0 amide bonds. The van der Waals surface area contributed by atoms with Crippen LogP contribution in [0.4, 0.5) is 0 Å². The molecule has 2 heterocycles. The Labute approximate surface area is 109 Å². The van der Waals surface area contributed by atoms with Crippen LogP contribution < -0.4 is 0 Å². The lowest BCUT2D eigenvalue weighted by Gasteiger charge is -2.23. The Balaban J connectivity index is 1.92. The van der Waals surface area contributed by atoms with Gasteiger partial charge in [0.2, 0.25) is 0 Å².